The van der Waals surface area contributed by atoms with Crippen molar-refractivity contribution in [2.75, 3.05) is 19.6 Å². The fourth-order valence-electron chi connectivity index (χ4n) is 4.57. The number of halogens is 5. The molecular formula is C24H26F5N5O2. The number of nitrogens with zero attached hydrogens (tertiary/aromatic N) is 4. The molecule has 2 fully saturated rings. The third-order valence-corrected chi connectivity index (χ3v) is 6.37. The monoisotopic (exact) mass is 511 g/mol. The number of pyridine rings is 1. The SMILES string of the molecule is NC1=Nc2cnc(C(=O)N3CCCCC3)cc2C2CC(F)(F)CN12.OCc1cccc(C(F)(F)F)c1. The van der Waals surface area contributed by atoms with E-state index < -0.39 is 30.2 Å². The summed E-state index contributed by atoms with van der Waals surface area (Å²) in [6.07, 6.45) is -0.0856. The van der Waals surface area contributed by atoms with Gasteiger partial charge in [0.15, 0.2) is 5.96 Å². The fourth-order valence-corrected chi connectivity index (χ4v) is 4.57. The number of guanidine groups is 1. The lowest BCUT2D eigenvalue weighted by Crippen LogP contribution is -2.40. The molecule has 194 valence electrons. The number of hydrogen-bond donors (Lipinski definition) is 2. The third kappa shape index (κ3) is 5.58. The first-order chi connectivity index (χ1) is 17.0. The molecule has 1 aromatic heterocycles. The van der Waals surface area contributed by atoms with Gasteiger partial charge in [-0.1, -0.05) is 12.1 Å². The maximum Gasteiger partial charge on any atom is 0.416 e. The molecule has 0 bridgehead atoms. The lowest BCUT2D eigenvalue weighted by molar-refractivity contribution is -0.137. The molecule has 0 radical (unpaired) electrons. The molecule has 1 unspecified atom stereocenters. The van der Waals surface area contributed by atoms with Gasteiger partial charge in [-0.05, 0) is 43.0 Å². The van der Waals surface area contributed by atoms with Crippen LogP contribution < -0.4 is 5.73 Å². The highest BCUT2D eigenvalue weighted by Gasteiger charge is 2.48. The Morgan fingerprint density at radius 2 is 1.89 bits per heavy atom. The minimum Gasteiger partial charge on any atom is -0.392 e. The molecule has 0 spiro atoms. The van der Waals surface area contributed by atoms with E-state index in [0.29, 0.717) is 16.9 Å². The molecule has 5 rings (SSSR count). The minimum absolute atomic E-state index is 0.0848. The number of carbonyl (C=O) groups excluding carboxylic acids is 1. The number of likely N-dealkylation sites (tertiary alicyclic amines) is 1. The topological polar surface area (TPSA) is 95.0 Å². The first-order valence-electron chi connectivity index (χ1n) is 11.5. The number of fused-ring (bicyclic) bond motifs is 3. The van der Waals surface area contributed by atoms with Crippen molar-refractivity contribution in [1.29, 1.82) is 0 Å². The lowest BCUT2D eigenvalue weighted by Gasteiger charge is -2.30. The summed E-state index contributed by atoms with van der Waals surface area (Å²) in [6, 6.07) is 5.67. The smallest absolute Gasteiger partial charge is 0.392 e. The molecule has 7 nitrogen and oxygen atoms in total. The van der Waals surface area contributed by atoms with Gasteiger partial charge in [0.2, 0.25) is 0 Å². The molecule has 2 aromatic rings. The van der Waals surface area contributed by atoms with Crippen LogP contribution in [-0.4, -0.2) is 57.3 Å². The van der Waals surface area contributed by atoms with Gasteiger partial charge >= 0.3 is 6.18 Å². The predicted octanol–water partition coefficient (Wildman–Crippen LogP) is 4.25. The highest BCUT2D eigenvalue weighted by molar-refractivity contribution is 5.93. The molecule has 0 aliphatic carbocycles. The Kier molecular flexibility index (Phi) is 7.17. The zero-order chi connectivity index (χ0) is 26.1. The molecule has 1 atom stereocenters. The normalized spacial score (nSPS) is 20.6. The second kappa shape index (κ2) is 10.00. The maximum atomic E-state index is 13.8. The van der Waals surface area contributed by atoms with Gasteiger partial charge in [-0.25, -0.2) is 18.8 Å². The molecule has 12 heteroatoms. The molecule has 1 aromatic carbocycles. The number of hydrogen-bond acceptors (Lipinski definition) is 6. The number of aliphatic hydroxyl groups is 1. The lowest BCUT2D eigenvalue weighted by atomic mass is 10.0. The molecule has 4 heterocycles. The summed E-state index contributed by atoms with van der Waals surface area (Å²) >= 11 is 0. The van der Waals surface area contributed by atoms with E-state index in [0.717, 1.165) is 44.5 Å². The van der Waals surface area contributed by atoms with Crippen LogP contribution in [0.1, 0.15) is 58.9 Å². The number of aliphatic imine (C=N–C) groups is 1. The summed E-state index contributed by atoms with van der Waals surface area (Å²) in [7, 11) is 0. The van der Waals surface area contributed by atoms with E-state index >= 15 is 0 Å². The minimum atomic E-state index is -4.33. The molecule has 0 saturated carbocycles. The van der Waals surface area contributed by atoms with Crippen LogP contribution in [0.4, 0.5) is 27.6 Å². The highest BCUT2D eigenvalue weighted by Crippen LogP contribution is 2.46. The van der Waals surface area contributed by atoms with Crippen LogP contribution >= 0.6 is 0 Å². The maximum absolute atomic E-state index is 13.8. The Bertz CT molecular complexity index is 1150. The third-order valence-electron chi connectivity index (χ3n) is 6.37. The van der Waals surface area contributed by atoms with Crippen molar-refractivity contribution in [1.82, 2.24) is 14.8 Å². The van der Waals surface area contributed by atoms with Crippen LogP contribution in [0.15, 0.2) is 41.5 Å². The van der Waals surface area contributed by atoms with Crippen molar-refractivity contribution in [2.24, 2.45) is 10.7 Å². The quantitative estimate of drug-likeness (QED) is 0.588. The Hall–Kier alpha value is -3.28. The van der Waals surface area contributed by atoms with E-state index in [1.165, 1.54) is 23.2 Å². The summed E-state index contributed by atoms with van der Waals surface area (Å²) in [5, 5.41) is 8.56. The van der Waals surface area contributed by atoms with Gasteiger partial charge in [-0.3, -0.25) is 4.79 Å². The van der Waals surface area contributed by atoms with E-state index in [1.807, 2.05) is 0 Å². The van der Waals surface area contributed by atoms with Crippen molar-refractivity contribution >= 4 is 17.6 Å². The second-order valence-corrected chi connectivity index (χ2v) is 9.01. The van der Waals surface area contributed by atoms with Crippen molar-refractivity contribution in [3.8, 4) is 0 Å². The highest BCUT2D eigenvalue weighted by atomic mass is 19.4. The zero-order valence-electron chi connectivity index (χ0n) is 19.3. The van der Waals surface area contributed by atoms with E-state index in [9.17, 15) is 26.7 Å². The molecule has 3 aliphatic heterocycles. The number of aromatic nitrogens is 1. The van der Waals surface area contributed by atoms with Crippen LogP contribution in [0.3, 0.4) is 0 Å². The number of amides is 1. The number of aliphatic hydroxyl groups excluding tert-OH is 1. The Balaban J connectivity index is 0.000000214. The van der Waals surface area contributed by atoms with Crippen LogP contribution in [0.2, 0.25) is 0 Å². The van der Waals surface area contributed by atoms with E-state index in [4.69, 9.17) is 10.8 Å². The molecule has 3 aliphatic rings. The average molecular weight is 511 g/mol. The number of rotatable bonds is 2. The number of alkyl halides is 5. The second-order valence-electron chi connectivity index (χ2n) is 9.01. The van der Waals surface area contributed by atoms with Crippen LogP contribution in [0, 0.1) is 0 Å². The van der Waals surface area contributed by atoms with Crippen molar-refractivity contribution in [2.45, 2.75) is 50.4 Å². The summed E-state index contributed by atoms with van der Waals surface area (Å²) in [5.74, 6) is -2.87. The molecule has 2 saturated heterocycles. The number of piperidine rings is 1. The Labute approximate surface area is 204 Å². The van der Waals surface area contributed by atoms with Crippen molar-refractivity contribution < 1.29 is 31.9 Å². The molecular weight excluding hydrogens is 485 g/mol. The summed E-state index contributed by atoms with van der Waals surface area (Å²) in [4.78, 5) is 24.2. The van der Waals surface area contributed by atoms with Gasteiger partial charge in [0, 0.05) is 25.1 Å². The summed E-state index contributed by atoms with van der Waals surface area (Å²) in [6.45, 7) is 0.626. The van der Waals surface area contributed by atoms with Crippen LogP contribution in [0.5, 0.6) is 0 Å². The average Bonchev–Trinajstić information content (AvgIpc) is 3.20. The van der Waals surface area contributed by atoms with E-state index in [2.05, 4.69) is 9.98 Å². The fraction of sp³-hybridized carbons (Fsp3) is 0.458. The molecule has 36 heavy (non-hydrogen) atoms. The predicted molar refractivity (Wildman–Crippen MR) is 122 cm³/mol. The number of benzene rings is 1. The first kappa shape index (κ1) is 25.8. The van der Waals surface area contributed by atoms with Gasteiger partial charge in [-0.15, -0.1) is 0 Å². The van der Waals surface area contributed by atoms with E-state index in [1.54, 1.807) is 11.0 Å². The zero-order valence-corrected chi connectivity index (χ0v) is 19.3. The van der Waals surface area contributed by atoms with Crippen molar-refractivity contribution in [3.05, 3.63) is 58.9 Å². The number of carbonyl (C=O) groups is 1. The molecule has 1 amide bonds. The van der Waals surface area contributed by atoms with E-state index in [-0.39, 0.29) is 30.5 Å². The molecule has 3 N–H and O–H groups in total. The standard InChI is InChI=1S/C16H19F2N5O.C8H7F3O/c17-16(18)7-13-10-6-11(14(24)22-4-2-1-3-5-22)20-8-12(10)21-15(19)23(13)9-16;9-8(10,11)7-3-1-2-6(4-7)5-12/h6,8,13H,1-5,7,9H2,(H2,19,21);1-4,12H,5H2. The van der Waals surface area contributed by atoms with Crippen LogP contribution in [-0.2, 0) is 12.8 Å². The van der Waals surface area contributed by atoms with Gasteiger partial charge in [0.1, 0.15) is 5.69 Å². The van der Waals surface area contributed by atoms with Crippen molar-refractivity contribution in [3.63, 3.8) is 0 Å². The van der Waals surface area contributed by atoms with Gasteiger partial charge in [-0.2, -0.15) is 13.2 Å². The summed E-state index contributed by atoms with van der Waals surface area (Å²) in [5.41, 5.74) is 6.73. The van der Waals surface area contributed by atoms with Crippen LogP contribution in [0.25, 0.3) is 0 Å². The van der Waals surface area contributed by atoms with Gasteiger partial charge < -0.3 is 20.6 Å². The number of nitrogens with two attached hydrogens (primary N) is 1. The largest absolute Gasteiger partial charge is 0.416 e. The van der Waals surface area contributed by atoms with Gasteiger partial charge in [0.05, 0.1) is 36.6 Å². The first-order valence-corrected chi connectivity index (χ1v) is 11.5. The summed E-state index contributed by atoms with van der Waals surface area (Å²) < 4.78 is 63.7. The Morgan fingerprint density at radius 1 is 1.17 bits per heavy atom. The Morgan fingerprint density at radius 3 is 2.56 bits per heavy atom. The van der Waals surface area contributed by atoms with Gasteiger partial charge in [0.25, 0.3) is 11.8 Å².